The maximum Gasteiger partial charge on any atom is 0.163 e. The van der Waals surface area contributed by atoms with Gasteiger partial charge in [0.15, 0.2) is 5.82 Å². The molecular formula is C22H17BN4O. The average Bonchev–Trinajstić information content (AvgIpc) is 3.16. The van der Waals surface area contributed by atoms with Crippen LogP contribution in [0.4, 0.5) is 11.5 Å². The van der Waals surface area contributed by atoms with Gasteiger partial charge in [0.25, 0.3) is 0 Å². The fourth-order valence-corrected chi connectivity index (χ4v) is 3.69. The van der Waals surface area contributed by atoms with E-state index < -0.39 is 0 Å². The molecule has 1 aliphatic heterocycles. The number of ether oxygens (including phenoxy) is 1. The zero-order valence-electron chi connectivity index (χ0n) is 15.5. The van der Waals surface area contributed by atoms with Crippen LogP contribution in [0.1, 0.15) is 5.56 Å². The topological polar surface area (TPSA) is 51.1 Å². The second-order valence-corrected chi connectivity index (χ2v) is 6.79. The Morgan fingerprint density at radius 3 is 2.82 bits per heavy atom. The molecule has 2 aromatic heterocycles. The van der Waals surface area contributed by atoms with E-state index in [1.807, 2.05) is 42.5 Å². The summed E-state index contributed by atoms with van der Waals surface area (Å²) in [7, 11) is 7.64. The lowest BCUT2D eigenvalue weighted by Gasteiger charge is -2.21. The number of aromatic nitrogens is 3. The van der Waals surface area contributed by atoms with Gasteiger partial charge in [0, 0.05) is 35.6 Å². The molecule has 2 aromatic carbocycles. The lowest BCUT2D eigenvalue weighted by Crippen LogP contribution is -2.16. The molecule has 134 valence electrons. The third kappa shape index (κ3) is 2.78. The van der Waals surface area contributed by atoms with E-state index in [1.54, 1.807) is 19.5 Å². The van der Waals surface area contributed by atoms with E-state index in [9.17, 15) is 0 Å². The highest BCUT2D eigenvalue weighted by atomic mass is 16.5. The molecule has 6 heteroatoms. The van der Waals surface area contributed by atoms with Crippen LogP contribution in [0.25, 0.3) is 22.3 Å². The van der Waals surface area contributed by atoms with Crippen molar-refractivity contribution in [3.63, 3.8) is 0 Å². The van der Waals surface area contributed by atoms with Crippen molar-refractivity contribution >= 4 is 35.7 Å². The molecular weight excluding hydrogens is 347 g/mol. The van der Waals surface area contributed by atoms with Crippen LogP contribution in [-0.2, 0) is 6.42 Å². The third-order valence-corrected chi connectivity index (χ3v) is 5.06. The van der Waals surface area contributed by atoms with Crippen LogP contribution in [0, 0.1) is 0 Å². The first-order valence-corrected chi connectivity index (χ1v) is 9.15. The van der Waals surface area contributed by atoms with Gasteiger partial charge in [0.1, 0.15) is 19.4 Å². The van der Waals surface area contributed by atoms with Crippen LogP contribution in [0.2, 0.25) is 0 Å². The minimum atomic E-state index is 0.657. The molecule has 0 bridgehead atoms. The summed E-state index contributed by atoms with van der Waals surface area (Å²) < 4.78 is 5.44. The Kier molecular flexibility index (Phi) is 3.97. The highest BCUT2D eigenvalue weighted by molar-refractivity contribution is 6.32. The van der Waals surface area contributed by atoms with Gasteiger partial charge in [-0.15, -0.1) is 0 Å². The summed E-state index contributed by atoms with van der Waals surface area (Å²) in [4.78, 5) is 16.2. The van der Waals surface area contributed by atoms with E-state index in [1.165, 1.54) is 5.56 Å². The van der Waals surface area contributed by atoms with Gasteiger partial charge in [0.05, 0.1) is 12.6 Å². The Hall–Kier alpha value is -3.41. The Morgan fingerprint density at radius 2 is 2.00 bits per heavy atom. The van der Waals surface area contributed by atoms with Crippen LogP contribution < -0.4 is 15.1 Å². The van der Waals surface area contributed by atoms with Gasteiger partial charge in [-0.25, -0.2) is 9.97 Å². The Morgan fingerprint density at radius 1 is 1.07 bits per heavy atom. The van der Waals surface area contributed by atoms with Gasteiger partial charge in [-0.1, -0.05) is 17.6 Å². The van der Waals surface area contributed by atoms with Crippen molar-refractivity contribution in [2.75, 3.05) is 18.6 Å². The van der Waals surface area contributed by atoms with Gasteiger partial charge >= 0.3 is 0 Å². The van der Waals surface area contributed by atoms with E-state index in [0.717, 1.165) is 52.1 Å². The molecule has 28 heavy (non-hydrogen) atoms. The van der Waals surface area contributed by atoms with Crippen LogP contribution in [-0.4, -0.2) is 36.5 Å². The second-order valence-electron chi connectivity index (χ2n) is 6.79. The summed E-state index contributed by atoms with van der Waals surface area (Å²) in [5.41, 5.74) is 4.91. The van der Waals surface area contributed by atoms with Gasteiger partial charge in [-0.05, 0) is 48.4 Å². The number of hydrogen-bond donors (Lipinski definition) is 0. The Bertz CT molecular complexity index is 1180. The van der Waals surface area contributed by atoms with Crippen molar-refractivity contribution in [1.82, 2.24) is 15.0 Å². The standard InChI is InChI=1S/C22H17BN4O/c1-28-17-5-6-19-18(12-17)22(26-21(25-19)15-3-2-9-24-13-15)27-10-8-14-11-16(23)4-7-20(14)27/h2-7,9,11-13H,8,10H2,1H3. The molecule has 1 aliphatic rings. The maximum absolute atomic E-state index is 5.98. The molecule has 0 unspecified atom stereocenters. The lowest BCUT2D eigenvalue weighted by molar-refractivity contribution is 0.415. The Balaban J connectivity index is 1.75. The fourth-order valence-electron chi connectivity index (χ4n) is 3.69. The number of benzene rings is 2. The third-order valence-electron chi connectivity index (χ3n) is 5.06. The van der Waals surface area contributed by atoms with Crippen molar-refractivity contribution in [3.8, 4) is 17.1 Å². The van der Waals surface area contributed by atoms with Crippen LogP contribution >= 0.6 is 0 Å². The molecule has 0 atom stereocenters. The Labute approximate surface area is 164 Å². The predicted molar refractivity (Wildman–Crippen MR) is 112 cm³/mol. The molecule has 3 heterocycles. The van der Waals surface area contributed by atoms with Crippen LogP contribution in [0.5, 0.6) is 5.75 Å². The zero-order valence-corrected chi connectivity index (χ0v) is 15.5. The number of methoxy groups -OCH3 is 1. The molecule has 0 N–H and O–H groups in total. The van der Waals surface area contributed by atoms with E-state index in [-0.39, 0.29) is 0 Å². The van der Waals surface area contributed by atoms with Crippen molar-refractivity contribution in [1.29, 1.82) is 0 Å². The first kappa shape index (κ1) is 16.7. The first-order chi connectivity index (χ1) is 13.7. The molecule has 0 spiro atoms. The van der Waals surface area contributed by atoms with Crippen LogP contribution in [0.3, 0.4) is 0 Å². The number of rotatable bonds is 3. The summed E-state index contributed by atoms with van der Waals surface area (Å²) in [6.07, 6.45) is 4.46. The van der Waals surface area contributed by atoms with E-state index >= 15 is 0 Å². The molecule has 0 fully saturated rings. The average molecular weight is 364 g/mol. The number of hydrogen-bond acceptors (Lipinski definition) is 5. The predicted octanol–water partition coefficient (Wildman–Crippen LogP) is 3.19. The minimum Gasteiger partial charge on any atom is -0.497 e. The largest absolute Gasteiger partial charge is 0.497 e. The minimum absolute atomic E-state index is 0.657. The van der Waals surface area contributed by atoms with E-state index in [2.05, 4.69) is 16.0 Å². The molecule has 0 saturated carbocycles. The summed E-state index contributed by atoms with van der Waals surface area (Å²) >= 11 is 0. The number of pyridine rings is 1. The molecule has 4 aromatic rings. The quantitative estimate of drug-likeness (QED) is 0.523. The molecule has 2 radical (unpaired) electrons. The van der Waals surface area contributed by atoms with E-state index in [0.29, 0.717) is 5.82 Å². The fraction of sp³-hybridized carbons (Fsp3) is 0.136. The SMILES string of the molecule is [B]c1ccc2c(c1)CCN2c1nc(-c2cccnc2)nc2ccc(OC)cc12. The second kappa shape index (κ2) is 6.64. The summed E-state index contributed by atoms with van der Waals surface area (Å²) in [5, 5.41) is 0.955. The highest BCUT2D eigenvalue weighted by Gasteiger charge is 2.24. The summed E-state index contributed by atoms with van der Waals surface area (Å²) in [6.45, 7) is 0.842. The van der Waals surface area contributed by atoms with Gasteiger partial charge in [-0.3, -0.25) is 4.98 Å². The zero-order chi connectivity index (χ0) is 19.1. The number of fused-ring (bicyclic) bond motifs is 2. The van der Waals surface area contributed by atoms with E-state index in [4.69, 9.17) is 22.6 Å². The lowest BCUT2D eigenvalue weighted by atomic mass is 9.93. The molecule has 0 saturated heterocycles. The highest BCUT2D eigenvalue weighted by Crippen LogP contribution is 2.38. The first-order valence-electron chi connectivity index (χ1n) is 9.15. The van der Waals surface area contributed by atoms with Gasteiger partial charge in [-0.2, -0.15) is 0 Å². The van der Waals surface area contributed by atoms with Gasteiger partial charge < -0.3 is 9.64 Å². The summed E-state index contributed by atoms with van der Waals surface area (Å²) in [5.74, 6) is 2.30. The number of nitrogens with zero attached hydrogens (tertiary/aromatic N) is 4. The molecule has 5 nitrogen and oxygen atoms in total. The normalized spacial score (nSPS) is 13.0. The van der Waals surface area contributed by atoms with Crippen molar-refractivity contribution in [3.05, 3.63) is 66.5 Å². The maximum atomic E-state index is 5.98. The van der Waals surface area contributed by atoms with Gasteiger partial charge in [0.2, 0.25) is 0 Å². The van der Waals surface area contributed by atoms with Crippen molar-refractivity contribution in [2.24, 2.45) is 0 Å². The summed E-state index contributed by atoms with van der Waals surface area (Å²) in [6, 6.07) is 15.8. The molecule has 5 rings (SSSR count). The monoisotopic (exact) mass is 364 g/mol. The van der Waals surface area contributed by atoms with Crippen molar-refractivity contribution in [2.45, 2.75) is 6.42 Å². The molecule has 0 aliphatic carbocycles. The number of anilines is 2. The van der Waals surface area contributed by atoms with Crippen molar-refractivity contribution < 1.29 is 4.74 Å². The van der Waals surface area contributed by atoms with Crippen LogP contribution in [0.15, 0.2) is 60.9 Å². The smallest absolute Gasteiger partial charge is 0.163 e. The molecule has 0 amide bonds.